The summed E-state index contributed by atoms with van der Waals surface area (Å²) in [4.78, 5) is 44.9. The highest BCUT2D eigenvalue weighted by Gasteiger charge is 2.33. The van der Waals surface area contributed by atoms with Crippen LogP contribution in [0.2, 0.25) is 0 Å². The quantitative estimate of drug-likeness (QED) is 0.229. The first kappa shape index (κ1) is 40.0. The number of rotatable bonds is 14. The molecule has 0 saturated carbocycles. The summed E-state index contributed by atoms with van der Waals surface area (Å²) < 4.78 is 34.0. The van der Waals surface area contributed by atoms with E-state index < -0.39 is 12.1 Å². The van der Waals surface area contributed by atoms with Crippen LogP contribution in [-0.4, -0.2) is 96.5 Å². The number of methoxy groups -OCH3 is 6. The van der Waals surface area contributed by atoms with Gasteiger partial charge in [-0.1, -0.05) is 32.4 Å². The van der Waals surface area contributed by atoms with Crippen molar-refractivity contribution in [1.29, 1.82) is 0 Å². The van der Waals surface area contributed by atoms with Crippen molar-refractivity contribution in [3.63, 3.8) is 0 Å². The van der Waals surface area contributed by atoms with Crippen LogP contribution in [0.4, 0.5) is 5.69 Å². The Morgan fingerprint density at radius 3 is 2.06 bits per heavy atom. The fourth-order valence-electron chi connectivity index (χ4n) is 7.53. The Balaban J connectivity index is 1.44. The number of anilines is 1. The molecule has 1 aliphatic carbocycles. The molecule has 0 spiro atoms. The molecule has 0 bridgehead atoms. The lowest BCUT2D eigenvalue weighted by atomic mass is 9.95. The predicted molar refractivity (Wildman–Crippen MR) is 208 cm³/mol. The molecule has 54 heavy (non-hydrogen) atoms. The molecule has 292 valence electrons. The molecular weight excluding hydrogens is 692 g/mol. The molecule has 2 amide bonds. The highest BCUT2D eigenvalue weighted by molar-refractivity contribution is 5.86. The molecule has 2 N–H and O–H groups in total. The van der Waals surface area contributed by atoms with Crippen LogP contribution in [0.1, 0.15) is 56.3 Å². The maximum Gasteiger partial charge on any atom is 0.245 e. The monoisotopic (exact) mass is 746 g/mol. The maximum absolute atomic E-state index is 14.3. The zero-order valence-electron chi connectivity index (χ0n) is 32.9. The largest absolute Gasteiger partial charge is 0.493 e. The van der Waals surface area contributed by atoms with E-state index in [1.165, 1.54) is 6.92 Å². The van der Waals surface area contributed by atoms with Gasteiger partial charge in [-0.2, -0.15) is 0 Å². The Morgan fingerprint density at radius 2 is 1.46 bits per heavy atom. The van der Waals surface area contributed by atoms with Crippen molar-refractivity contribution in [3.8, 4) is 45.6 Å². The number of amides is 2. The summed E-state index contributed by atoms with van der Waals surface area (Å²) >= 11 is 0. The average molecular weight is 747 g/mol. The SMILES string of the molecule is CC[C@@H](C)[C@H](Nc1ccc2c(cc1=O)[C@@H](NC(C)=O)CCc1cc(OC)c(OC)c(OC)c1-2)C(=O)N1CCN(Cc2ccc(OC)c(OC)c2OC)CC1. The van der Waals surface area contributed by atoms with E-state index in [1.807, 2.05) is 43.0 Å². The van der Waals surface area contributed by atoms with Crippen LogP contribution in [0.15, 0.2) is 41.2 Å². The molecule has 3 aromatic rings. The number of hydrogen-bond acceptors (Lipinski definition) is 11. The van der Waals surface area contributed by atoms with Crippen LogP contribution in [0, 0.1) is 5.92 Å². The molecule has 2 aliphatic rings. The van der Waals surface area contributed by atoms with Gasteiger partial charge in [0.05, 0.1) is 54.4 Å². The lowest BCUT2D eigenvalue weighted by Gasteiger charge is -2.38. The minimum atomic E-state index is -0.639. The summed E-state index contributed by atoms with van der Waals surface area (Å²) in [6.45, 7) is 8.53. The molecular formula is C41H54N4O9. The van der Waals surface area contributed by atoms with Gasteiger partial charge in [-0.05, 0) is 59.7 Å². The predicted octanol–water partition coefficient (Wildman–Crippen LogP) is 5.06. The van der Waals surface area contributed by atoms with Crippen molar-refractivity contribution >= 4 is 17.5 Å². The van der Waals surface area contributed by atoms with Crippen molar-refractivity contribution in [2.75, 3.05) is 74.2 Å². The van der Waals surface area contributed by atoms with Crippen molar-refractivity contribution in [3.05, 3.63) is 63.3 Å². The second-order valence-electron chi connectivity index (χ2n) is 13.7. The molecule has 13 nitrogen and oxygen atoms in total. The average Bonchev–Trinajstić information content (AvgIpc) is 3.42. The van der Waals surface area contributed by atoms with Gasteiger partial charge in [0.15, 0.2) is 23.0 Å². The van der Waals surface area contributed by atoms with Gasteiger partial charge in [-0.25, -0.2) is 0 Å². The fraction of sp³-hybridized carbons (Fsp3) is 0.488. The van der Waals surface area contributed by atoms with E-state index in [9.17, 15) is 14.4 Å². The number of hydrogen-bond donors (Lipinski definition) is 2. The number of nitrogens with zero attached hydrogens (tertiary/aromatic N) is 2. The van der Waals surface area contributed by atoms with E-state index in [2.05, 4.69) is 15.5 Å². The van der Waals surface area contributed by atoms with Gasteiger partial charge in [0, 0.05) is 50.8 Å². The molecule has 1 saturated heterocycles. The lowest BCUT2D eigenvalue weighted by Crippen LogP contribution is -2.54. The lowest BCUT2D eigenvalue weighted by molar-refractivity contribution is -0.135. The third-order valence-corrected chi connectivity index (χ3v) is 10.6. The summed E-state index contributed by atoms with van der Waals surface area (Å²) in [7, 11) is 9.48. The van der Waals surface area contributed by atoms with E-state index in [0.717, 1.165) is 28.7 Å². The Labute approximate surface area is 317 Å². The zero-order chi connectivity index (χ0) is 39.1. The van der Waals surface area contributed by atoms with Gasteiger partial charge in [0.2, 0.25) is 28.7 Å². The van der Waals surface area contributed by atoms with Gasteiger partial charge < -0.3 is 44.0 Å². The van der Waals surface area contributed by atoms with Crippen LogP contribution >= 0.6 is 0 Å². The Kier molecular flexibility index (Phi) is 13.2. The van der Waals surface area contributed by atoms with Gasteiger partial charge >= 0.3 is 0 Å². The third kappa shape index (κ3) is 8.15. The van der Waals surface area contributed by atoms with Gasteiger partial charge in [0.25, 0.3) is 0 Å². The topological polar surface area (TPSA) is 137 Å². The molecule has 3 aromatic carbocycles. The second kappa shape index (κ2) is 17.8. The van der Waals surface area contributed by atoms with Gasteiger partial charge in [-0.3, -0.25) is 19.3 Å². The molecule has 1 fully saturated rings. The Hall–Kier alpha value is -5.17. The first-order valence-corrected chi connectivity index (χ1v) is 18.4. The van der Waals surface area contributed by atoms with E-state index in [4.69, 9.17) is 28.4 Å². The number of carbonyl (C=O) groups is 2. The number of aryl methyl sites for hydroxylation is 1. The minimum Gasteiger partial charge on any atom is -0.493 e. The number of nitrogens with one attached hydrogen (secondary N) is 2. The third-order valence-electron chi connectivity index (χ3n) is 10.6. The van der Waals surface area contributed by atoms with Crippen molar-refractivity contribution in [2.24, 2.45) is 5.92 Å². The molecule has 1 aliphatic heterocycles. The number of ether oxygens (including phenoxy) is 6. The van der Waals surface area contributed by atoms with Gasteiger partial charge in [-0.15, -0.1) is 0 Å². The van der Waals surface area contributed by atoms with Crippen LogP contribution in [0.5, 0.6) is 34.5 Å². The summed E-state index contributed by atoms with van der Waals surface area (Å²) in [6.07, 6.45) is 1.86. The van der Waals surface area contributed by atoms with E-state index in [-0.39, 0.29) is 23.2 Å². The van der Waals surface area contributed by atoms with Crippen molar-refractivity contribution in [2.45, 2.75) is 58.7 Å². The number of benzene rings is 2. The van der Waals surface area contributed by atoms with Crippen LogP contribution in [0.3, 0.4) is 0 Å². The Morgan fingerprint density at radius 1 is 0.815 bits per heavy atom. The van der Waals surface area contributed by atoms with E-state index in [0.29, 0.717) is 91.3 Å². The fourth-order valence-corrected chi connectivity index (χ4v) is 7.53. The summed E-state index contributed by atoms with van der Waals surface area (Å²) in [5.41, 5.74) is 4.04. The Bertz CT molecular complexity index is 1890. The highest BCUT2D eigenvalue weighted by Crippen LogP contribution is 2.50. The van der Waals surface area contributed by atoms with Crippen molar-refractivity contribution < 1.29 is 38.0 Å². The maximum atomic E-state index is 14.3. The molecule has 0 unspecified atom stereocenters. The van der Waals surface area contributed by atoms with Crippen molar-refractivity contribution in [1.82, 2.24) is 15.1 Å². The number of piperazine rings is 1. The number of fused-ring (bicyclic) bond motifs is 3. The molecule has 5 rings (SSSR count). The zero-order valence-corrected chi connectivity index (χ0v) is 32.9. The van der Waals surface area contributed by atoms with Crippen LogP contribution in [-0.2, 0) is 22.6 Å². The van der Waals surface area contributed by atoms with Crippen LogP contribution < -0.4 is 44.5 Å². The van der Waals surface area contributed by atoms with E-state index in [1.54, 1.807) is 54.8 Å². The summed E-state index contributed by atoms with van der Waals surface area (Å²) in [5.74, 6) is 2.87. The normalized spacial score (nSPS) is 16.5. The minimum absolute atomic E-state index is 0.0554. The molecule has 1 heterocycles. The summed E-state index contributed by atoms with van der Waals surface area (Å²) in [6, 6.07) is 9.85. The van der Waals surface area contributed by atoms with Crippen LogP contribution in [0.25, 0.3) is 11.1 Å². The standard InChI is InChI=1S/C41H54N4O9/c1-10-24(2)36(41(48)45-19-17-44(18-20-45)23-27-12-16-33(49-4)38(52-7)37(27)51-6)43-31-15-13-28-29(22-32(31)47)30(42-25(3)46)14-11-26-21-34(50-5)39(53-8)40(54-9)35(26)28/h12-13,15-16,21-22,24,30,36H,10-11,14,17-20,23H2,1-9H3,(H,42,46)(H,43,47)/t24-,30+,36+/m1/s1. The van der Waals surface area contributed by atoms with E-state index >= 15 is 0 Å². The van der Waals surface area contributed by atoms with Gasteiger partial charge in [0.1, 0.15) is 6.04 Å². The molecule has 0 aromatic heterocycles. The number of carbonyl (C=O) groups excluding carboxylic acids is 2. The molecule has 3 atom stereocenters. The molecule has 0 radical (unpaired) electrons. The first-order chi connectivity index (χ1) is 26.0. The smallest absolute Gasteiger partial charge is 0.245 e. The summed E-state index contributed by atoms with van der Waals surface area (Å²) in [5, 5.41) is 6.42. The first-order valence-electron chi connectivity index (χ1n) is 18.4. The molecule has 13 heteroatoms. The second-order valence-corrected chi connectivity index (χ2v) is 13.7. The highest BCUT2D eigenvalue weighted by atomic mass is 16.5.